The number of carboxylic acid groups (broad SMARTS) is 1. The van der Waals surface area contributed by atoms with Crippen LogP contribution in [0.25, 0.3) is 0 Å². The van der Waals surface area contributed by atoms with Crippen molar-refractivity contribution in [2.75, 3.05) is 17.2 Å². The number of nitrogens with zero attached hydrogens (tertiary/aromatic N) is 2. The van der Waals surface area contributed by atoms with E-state index in [0.717, 1.165) is 0 Å². The van der Waals surface area contributed by atoms with Gasteiger partial charge in [0, 0.05) is 24.6 Å². The van der Waals surface area contributed by atoms with Crippen LogP contribution < -0.4 is 10.6 Å². The SMILES string of the molecule is CC(O)CNc1cc(NC(C)(C)CCC(=O)O)ncn1. The Kier molecular flexibility index (Phi) is 5.69. The van der Waals surface area contributed by atoms with Gasteiger partial charge in [-0.25, -0.2) is 9.97 Å². The lowest BCUT2D eigenvalue weighted by Crippen LogP contribution is -2.32. The summed E-state index contributed by atoms with van der Waals surface area (Å²) in [6.45, 7) is 5.92. The van der Waals surface area contributed by atoms with Crippen molar-refractivity contribution in [1.82, 2.24) is 9.97 Å². The van der Waals surface area contributed by atoms with E-state index < -0.39 is 12.1 Å². The van der Waals surface area contributed by atoms with Crippen molar-refractivity contribution < 1.29 is 15.0 Å². The standard InChI is InChI=1S/C13H22N4O3/c1-9(18)7-14-10-6-11(16-8-15-10)17-13(2,3)5-4-12(19)20/h6,8-9,18H,4-5,7H2,1-3H3,(H,19,20)(H2,14,15,16,17). The summed E-state index contributed by atoms with van der Waals surface area (Å²) in [5, 5.41) is 24.1. The maximum absolute atomic E-state index is 10.6. The van der Waals surface area contributed by atoms with Crippen molar-refractivity contribution in [1.29, 1.82) is 0 Å². The molecule has 0 spiro atoms. The fourth-order valence-corrected chi connectivity index (χ4v) is 1.60. The van der Waals surface area contributed by atoms with Crippen LogP contribution in [0.2, 0.25) is 0 Å². The first-order valence-corrected chi connectivity index (χ1v) is 6.52. The minimum absolute atomic E-state index is 0.0955. The van der Waals surface area contributed by atoms with Crippen LogP contribution in [0.1, 0.15) is 33.6 Å². The molecule has 1 aromatic rings. The number of rotatable bonds is 8. The molecular formula is C13H22N4O3. The Morgan fingerprint density at radius 1 is 1.40 bits per heavy atom. The molecule has 0 saturated carbocycles. The first-order chi connectivity index (χ1) is 9.28. The Morgan fingerprint density at radius 2 is 2.05 bits per heavy atom. The normalized spacial score (nSPS) is 12.8. The van der Waals surface area contributed by atoms with Gasteiger partial charge in [-0.3, -0.25) is 4.79 Å². The lowest BCUT2D eigenvalue weighted by Gasteiger charge is -2.26. The monoisotopic (exact) mass is 282 g/mol. The summed E-state index contributed by atoms with van der Waals surface area (Å²) in [6, 6.07) is 1.73. The van der Waals surface area contributed by atoms with Gasteiger partial charge in [-0.2, -0.15) is 0 Å². The highest BCUT2D eigenvalue weighted by molar-refractivity contribution is 5.66. The highest BCUT2D eigenvalue weighted by Crippen LogP contribution is 2.19. The Bertz CT molecular complexity index is 449. The largest absolute Gasteiger partial charge is 0.481 e. The van der Waals surface area contributed by atoms with Crippen molar-refractivity contribution in [2.45, 2.75) is 45.3 Å². The molecule has 0 aliphatic rings. The van der Waals surface area contributed by atoms with Gasteiger partial charge in [-0.1, -0.05) is 0 Å². The Balaban J connectivity index is 2.62. The predicted octanol–water partition coefficient (Wildman–Crippen LogP) is 1.32. The maximum Gasteiger partial charge on any atom is 0.303 e. The molecule has 112 valence electrons. The first kappa shape index (κ1) is 16.2. The third-order valence-corrected chi connectivity index (χ3v) is 2.68. The molecule has 7 heteroatoms. The van der Waals surface area contributed by atoms with Gasteiger partial charge in [0.1, 0.15) is 18.0 Å². The molecule has 1 heterocycles. The molecule has 0 radical (unpaired) electrons. The van der Waals surface area contributed by atoms with Gasteiger partial charge in [0.05, 0.1) is 6.10 Å². The van der Waals surface area contributed by atoms with E-state index >= 15 is 0 Å². The molecule has 20 heavy (non-hydrogen) atoms. The van der Waals surface area contributed by atoms with Crippen molar-refractivity contribution in [3.8, 4) is 0 Å². The third kappa shape index (κ3) is 6.33. The number of hydrogen-bond acceptors (Lipinski definition) is 6. The van der Waals surface area contributed by atoms with E-state index in [0.29, 0.717) is 24.6 Å². The highest BCUT2D eigenvalue weighted by Gasteiger charge is 2.19. The van der Waals surface area contributed by atoms with Crippen LogP contribution >= 0.6 is 0 Å². The lowest BCUT2D eigenvalue weighted by atomic mass is 9.98. The van der Waals surface area contributed by atoms with Crippen molar-refractivity contribution >= 4 is 17.6 Å². The second-order valence-electron chi connectivity index (χ2n) is 5.42. The van der Waals surface area contributed by atoms with Gasteiger partial charge in [0.2, 0.25) is 0 Å². The molecule has 0 fully saturated rings. The van der Waals surface area contributed by atoms with E-state index in [-0.39, 0.29) is 12.0 Å². The molecule has 7 nitrogen and oxygen atoms in total. The average molecular weight is 282 g/mol. The van der Waals surface area contributed by atoms with Gasteiger partial charge in [0.15, 0.2) is 0 Å². The van der Waals surface area contributed by atoms with E-state index in [1.54, 1.807) is 13.0 Å². The topological polar surface area (TPSA) is 107 Å². The van der Waals surface area contributed by atoms with Crippen LogP contribution in [0.5, 0.6) is 0 Å². The Labute approximate surface area is 118 Å². The van der Waals surface area contributed by atoms with Crippen molar-refractivity contribution in [2.24, 2.45) is 0 Å². The number of aliphatic hydroxyl groups excluding tert-OH is 1. The van der Waals surface area contributed by atoms with Crippen LogP contribution in [0.4, 0.5) is 11.6 Å². The minimum atomic E-state index is -0.818. The van der Waals surface area contributed by atoms with E-state index in [1.807, 2.05) is 13.8 Å². The average Bonchev–Trinajstić information content (AvgIpc) is 2.34. The van der Waals surface area contributed by atoms with Gasteiger partial charge in [-0.15, -0.1) is 0 Å². The quantitative estimate of drug-likeness (QED) is 0.569. The second-order valence-corrected chi connectivity index (χ2v) is 5.42. The van der Waals surface area contributed by atoms with E-state index in [4.69, 9.17) is 5.11 Å². The number of anilines is 2. The van der Waals surface area contributed by atoms with Gasteiger partial charge < -0.3 is 20.8 Å². The summed E-state index contributed by atoms with van der Waals surface area (Å²) >= 11 is 0. The molecule has 0 bridgehead atoms. The zero-order valence-electron chi connectivity index (χ0n) is 12.1. The summed E-state index contributed by atoms with van der Waals surface area (Å²) < 4.78 is 0. The fourth-order valence-electron chi connectivity index (χ4n) is 1.60. The molecule has 0 aliphatic carbocycles. The zero-order chi connectivity index (χ0) is 15.2. The van der Waals surface area contributed by atoms with Crippen LogP contribution in [0.3, 0.4) is 0 Å². The highest BCUT2D eigenvalue weighted by atomic mass is 16.4. The smallest absolute Gasteiger partial charge is 0.303 e. The number of carboxylic acids is 1. The van der Waals surface area contributed by atoms with E-state index in [1.165, 1.54) is 6.33 Å². The lowest BCUT2D eigenvalue weighted by molar-refractivity contribution is -0.137. The fraction of sp³-hybridized carbons (Fsp3) is 0.615. The summed E-state index contributed by atoms with van der Waals surface area (Å²) in [4.78, 5) is 18.8. The Morgan fingerprint density at radius 3 is 2.65 bits per heavy atom. The number of nitrogens with one attached hydrogen (secondary N) is 2. The van der Waals surface area contributed by atoms with E-state index in [2.05, 4.69) is 20.6 Å². The minimum Gasteiger partial charge on any atom is -0.481 e. The summed E-state index contributed by atoms with van der Waals surface area (Å²) in [6.07, 6.45) is 1.54. The zero-order valence-corrected chi connectivity index (χ0v) is 12.1. The summed E-state index contributed by atoms with van der Waals surface area (Å²) in [7, 11) is 0. The van der Waals surface area contributed by atoms with Gasteiger partial charge >= 0.3 is 5.97 Å². The molecular weight excluding hydrogens is 260 g/mol. The molecule has 0 aliphatic heterocycles. The molecule has 0 aromatic carbocycles. The third-order valence-electron chi connectivity index (χ3n) is 2.68. The molecule has 1 aromatic heterocycles. The van der Waals surface area contributed by atoms with Crippen molar-refractivity contribution in [3.05, 3.63) is 12.4 Å². The predicted molar refractivity (Wildman–Crippen MR) is 76.8 cm³/mol. The number of aromatic nitrogens is 2. The van der Waals surface area contributed by atoms with Crippen molar-refractivity contribution in [3.63, 3.8) is 0 Å². The van der Waals surface area contributed by atoms with E-state index in [9.17, 15) is 9.90 Å². The number of aliphatic carboxylic acids is 1. The summed E-state index contributed by atoms with van der Waals surface area (Å²) in [5.41, 5.74) is -0.381. The van der Waals surface area contributed by atoms with Crippen LogP contribution in [0, 0.1) is 0 Å². The molecule has 1 unspecified atom stereocenters. The van der Waals surface area contributed by atoms with Gasteiger partial charge in [0.25, 0.3) is 0 Å². The van der Waals surface area contributed by atoms with Crippen LogP contribution in [0.15, 0.2) is 12.4 Å². The number of aliphatic hydroxyl groups is 1. The first-order valence-electron chi connectivity index (χ1n) is 6.52. The maximum atomic E-state index is 10.6. The van der Waals surface area contributed by atoms with Gasteiger partial charge in [-0.05, 0) is 27.2 Å². The number of hydrogen-bond donors (Lipinski definition) is 4. The molecule has 0 saturated heterocycles. The summed E-state index contributed by atoms with van der Waals surface area (Å²) in [5.74, 6) is 0.405. The molecule has 0 amide bonds. The Hall–Kier alpha value is -1.89. The molecule has 4 N–H and O–H groups in total. The van der Waals surface area contributed by atoms with Crippen LogP contribution in [-0.2, 0) is 4.79 Å². The number of carbonyl (C=O) groups is 1. The molecule has 1 atom stereocenters. The van der Waals surface area contributed by atoms with Crippen LogP contribution in [-0.4, -0.2) is 44.3 Å². The molecule has 1 rings (SSSR count). The second kappa shape index (κ2) is 7.04.